The van der Waals surface area contributed by atoms with Gasteiger partial charge in [-0.25, -0.2) is 4.79 Å². The molecule has 212 valence electrons. The van der Waals surface area contributed by atoms with E-state index in [4.69, 9.17) is 35.9 Å². The summed E-state index contributed by atoms with van der Waals surface area (Å²) in [4.78, 5) is 27.6. The predicted octanol–water partition coefficient (Wildman–Crippen LogP) is 5.78. The number of benzene rings is 3. The molecule has 1 amide bonds. The first-order chi connectivity index (χ1) is 19.8. The van der Waals surface area contributed by atoms with E-state index in [-0.39, 0.29) is 11.7 Å². The molecule has 1 fully saturated rings. The van der Waals surface area contributed by atoms with Crippen LogP contribution in [0.3, 0.4) is 0 Å². The number of methoxy groups -OCH3 is 4. The van der Waals surface area contributed by atoms with Crippen LogP contribution < -0.4 is 23.7 Å². The first kappa shape index (κ1) is 29.7. The zero-order valence-corrected chi connectivity index (χ0v) is 24.7. The van der Waals surface area contributed by atoms with Crippen molar-refractivity contribution >= 4 is 52.3 Å². The van der Waals surface area contributed by atoms with Crippen molar-refractivity contribution in [3.8, 4) is 28.7 Å². The molecule has 0 N–H and O–H groups in total. The molecule has 8 nitrogen and oxygen atoms in total. The van der Waals surface area contributed by atoms with E-state index in [1.165, 1.54) is 24.9 Å². The van der Waals surface area contributed by atoms with Crippen LogP contribution in [0.15, 0.2) is 71.6 Å². The molecule has 1 aliphatic rings. The minimum absolute atomic E-state index is 0.168. The van der Waals surface area contributed by atoms with Crippen molar-refractivity contribution in [2.75, 3.05) is 35.0 Å². The number of thiocarbonyl (C=S) groups is 1. The predicted molar refractivity (Wildman–Crippen MR) is 164 cm³/mol. The highest BCUT2D eigenvalue weighted by atomic mass is 32.2. The van der Waals surface area contributed by atoms with Crippen molar-refractivity contribution in [3.63, 3.8) is 0 Å². The molecule has 0 spiro atoms. The van der Waals surface area contributed by atoms with Gasteiger partial charge in [0.2, 0.25) is 0 Å². The zero-order valence-electron chi connectivity index (χ0n) is 23.0. The number of esters is 1. The highest BCUT2D eigenvalue weighted by molar-refractivity contribution is 8.26. The monoisotopic (exact) mass is 591 g/mol. The average molecular weight is 592 g/mol. The van der Waals surface area contributed by atoms with Crippen LogP contribution >= 0.6 is 24.0 Å². The Bertz CT molecular complexity index is 1500. The Morgan fingerprint density at radius 2 is 1.49 bits per heavy atom. The van der Waals surface area contributed by atoms with Gasteiger partial charge in [-0.15, -0.1) is 0 Å². The van der Waals surface area contributed by atoms with Crippen molar-refractivity contribution < 1.29 is 33.3 Å². The second-order valence-electron chi connectivity index (χ2n) is 8.71. The summed E-state index contributed by atoms with van der Waals surface area (Å²) in [6.45, 7) is 0.430. The molecule has 0 unspecified atom stereocenters. The maximum absolute atomic E-state index is 13.1. The number of carbonyl (C=O) groups excluding carboxylic acids is 2. The van der Waals surface area contributed by atoms with Gasteiger partial charge in [0.05, 0.1) is 33.3 Å². The molecule has 4 rings (SSSR count). The van der Waals surface area contributed by atoms with Crippen molar-refractivity contribution in [2.24, 2.45) is 0 Å². The first-order valence-corrected chi connectivity index (χ1v) is 13.8. The minimum Gasteiger partial charge on any atom is -0.497 e. The number of hydrogen-bond acceptors (Lipinski definition) is 9. The highest BCUT2D eigenvalue weighted by Gasteiger charge is 2.31. The van der Waals surface area contributed by atoms with Crippen LogP contribution in [0.5, 0.6) is 28.7 Å². The van der Waals surface area contributed by atoms with E-state index in [2.05, 4.69) is 0 Å². The lowest BCUT2D eigenvalue weighted by molar-refractivity contribution is -0.129. The van der Waals surface area contributed by atoms with Gasteiger partial charge in [0, 0.05) is 12.6 Å². The lowest BCUT2D eigenvalue weighted by Crippen LogP contribution is -2.30. The standard InChI is InChI=1S/C31H29NO7S2/c1-35-23-10-5-20(6-11-23)9-14-29(33)39-25-13-8-22(18-27(25)38-4)19-28-30(34)32(31(40)41-28)16-15-21-7-12-24(36-2)26(17-21)37-3/h5-14,17-19H,15-16H2,1-4H3/b14-9+,28-19-. The van der Waals surface area contributed by atoms with Gasteiger partial charge in [-0.3, -0.25) is 9.69 Å². The topological polar surface area (TPSA) is 83.5 Å². The first-order valence-electron chi connectivity index (χ1n) is 12.5. The summed E-state index contributed by atoms with van der Waals surface area (Å²) in [5, 5.41) is 0. The summed E-state index contributed by atoms with van der Waals surface area (Å²) < 4.78 is 27.2. The summed E-state index contributed by atoms with van der Waals surface area (Å²) in [5.74, 6) is 1.90. The van der Waals surface area contributed by atoms with Crippen LogP contribution in [-0.2, 0) is 16.0 Å². The van der Waals surface area contributed by atoms with Crippen LogP contribution in [0.4, 0.5) is 0 Å². The Kier molecular flexibility index (Phi) is 10.0. The van der Waals surface area contributed by atoms with Crippen LogP contribution in [0.2, 0.25) is 0 Å². The molecule has 1 heterocycles. The van der Waals surface area contributed by atoms with E-state index in [0.29, 0.717) is 45.0 Å². The van der Waals surface area contributed by atoms with Crippen LogP contribution in [0, 0.1) is 0 Å². The Balaban J connectivity index is 1.41. The largest absolute Gasteiger partial charge is 0.497 e. The molecule has 0 aliphatic carbocycles. The quantitative estimate of drug-likeness (QED) is 0.119. The number of ether oxygens (including phenoxy) is 5. The molecule has 0 saturated carbocycles. The van der Waals surface area contributed by atoms with Gasteiger partial charge in [0.1, 0.15) is 10.1 Å². The third-order valence-corrected chi connectivity index (χ3v) is 7.55. The molecule has 0 aromatic heterocycles. The average Bonchev–Trinajstić information content (AvgIpc) is 3.26. The van der Waals surface area contributed by atoms with Gasteiger partial charge in [0.25, 0.3) is 5.91 Å². The molecule has 3 aromatic carbocycles. The number of thioether (sulfide) groups is 1. The highest BCUT2D eigenvalue weighted by Crippen LogP contribution is 2.35. The van der Waals surface area contributed by atoms with Gasteiger partial charge in [-0.1, -0.05) is 48.2 Å². The molecular weight excluding hydrogens is 562 g/mol. The summed E-state index contributed by atoms with van der Waals surface area (Å²) in [6.07, 6.45) is 5.33. The number of rotatable bonds is 11. The van der Waals surface area contributed by atoms with E-state index in [1.807, 2.05) is 30.3 Å². The van der Waals surface area contributed by atoms with E-state index in [0.717, 1.165) is 16.9 Å². The van der Waals surface area contributed by atoms with Gasteiger partial charge >= 0.3 is 5.97 Å². The van der Waals surface area contributed by atoms with E-state index >= 15 is 0 Å². The van der Waals surface area contributed by atoms with Crippen molar-refractivity contribution in [3.05, 3.63) is 88.3 Å². The summed E-state index contributed by atoms with van der Waals surface area (Å²) in [5.41, 5.74) is 2.52. The van der Waals surface area contributed by atoms with E-state index in [9.17, 15) is 9.59 Å². The number of nitrogens with zero attached hydrogens (tertiary/aromatic N) is 1. The van der Waals surface area contributed by atoms with Crippen molar-refractivity contribution in [1.82, 2.24) is 4.90 Å². The Morgan fingerprint density at radius 1 is 0.829 bits per heavy atom. The molecule has 1 saturated heterocycles. The number of carbonyl (C=O) groups is 2. The Morgan fingerprint density at radius 3 is 2.17 bits per heavy atom. The summed E-state index contributed by atoms with van der Waals surface area (Å²) in [7, 11) is 6.25. The number of amides is 1. The molecule has 10 heteroatoms. The molecule has 1 aliphatic heterocycles. The van der Waals surface area contributed by atoms with Gasteiger partial charge < -0.3 is 23.7 Å². The van der Waals surface area contributed by atoms with Crippen molar-refractivity contribution in [2.45, 2.75) is 6.42 Å². The minimum atomic E-state index is -0.554. The van der Waals surface area contributed by atoms with E-state index < -0.39 is 5.97 Å². The number of hydrogen-bond donors (Lipinski definition) is 0. The fourth-order valence-corrected chi connectivity index (χ4v) is 5.31. The Hall–Kier alpha value is -4.28. The van der Waals surface area contributed by atoms with Crippen molar-refractivity contribution in [1.29, 1.82) is 0 Å². The third-order valence-electron chi connectivity index (χ3n) is 6.17. The lowest BCUT2D eigenvalue weighted by Gasteiger charge is -2.15. The van der Waals surface area contributed by atoms with Gasteiger partial charge in [-0.2, -0.15) is 0 Å². The Labute approximate surface area is 248 Å². The fraction of sp³-hybridized carbons (Fsp3) is 0.194. The maximum atomic E-state index is 13.1. The molecule has 0 bridgehead atoms. The zero-order chi connectivity index (χ0) is 29.4. The molecule has 41 heavy (non-hydrogen) atoms. The molecule has 0 radical (unpaired) electrons. The lowest BCUT2D eigenvalue weighted by atomic mass is 10.1. The SMILES string of the molecule is COc1ccc(/C=C/C(=O)Oc2ccc(/C=C3\SC(=S)N(CCc4ccc(OC)c(OC)c4)C3=O)cc2OC)cc1. The molecule has 0 atom stereocenters. The van der Waals surface area contributed by atoms with Gasteiger partial charge in [0.15, 0.2) is 23.0 Å². The normalized spacial score (nSPS) is 14.0. The molecular formula is C31H29NO7S2. The van der Waals surface area contributed by atoms with Gasteiger partial charge in [-0.05, 0) is 71.7 Å². The smallest absolute Gasteiger partial charge is 0.336 e. The van der Waals surface area contributed by atoms with Crippen LogP contribution in [0.25, 0.3) is 12.2 Å². The maximum Gasteiger partial charge on any atom is 0.336 e. The summed E-state index contributed by atoms with van der Waals surface area (Å²) >= 11 is 6.73. The van der Waals surface area contributed by atoms with E-state index in [1.54, 1.807) is 68.7 Å². The second-order valence-corrected chi connectivity index (χ2v) is 10.4. The fourth-order valence-electron chi connectivity index (χ4n) is 4.00. The van der Waals surface area contributed by atoms with Crippen LogP contribution in [0.1, 0.15) is 16.7 Å². The second kappa shape index (κ2) is 13.9. The molecule has 3 aromatic rings. The third kappa shape index (κ3) is 7.47. The summed E-state index contributed by atoms with van der Waals surface area (Å²) in [6, 6.07) is 18.0. The van der Waals surface area contributed by atoms with Crippen LogP contribution in [-0.4, -0.2) is 56.1 Å².